The fraction of sp³-hybridized carbons (Fsp3) is 0.462. The summed E-state index contributed by atoms with van der Waals surface area (Å²) in [5.41, 5.74) is 8.51. The third-order valence-electron chi connectivity index (χ3n) is 7.03. The van der Waals surface area contributed by atoms with Crippen LogP contribution >= 0.6 is 11.6 Å². The fourth-order valence-electron chi connectivity index (χ4n) is 5.28. The molecule has 188 valence electrons. The van der Waals surface area contributed by atoms with E-state index in [0.29, 0.717) is 41.7 Å². The maximum Gasteiger partial charge on any atom is 0.410 e. The molecule has 0 bridgehead atoms. The van der Waals surface area contributed by atoms with Gasteiger partial charge < -0.3 is 15.4 Å². The van der Waals surface area contributed by atoms with Crippen LogP contribution in [-0.2, 0) is 11.3 Å². The maximum atomic E-state index is 12.5. The molecule has 1 aromatic carbocycles. The predicted molar refractivity (Wildman–Crippen MR) is 136 cm³/mol. The minimum Gasteiger partial charge on any atom is -0.444 e. The number of carbonyl (C=O) groups excluding carboxylic acids is 1. The Balaban J connectivity index is 1.30. The lowest BCUT2D eigenvalue weighted by Crippen LogP contribution is -2.43. The van der Waals surface area contributed by atoms with E-state index < -0.39 is 5.60 Å². The van der Waals surface area contributed by atoms with Crippen LogP contribution in [0.15, 0.2) is 36.7 Å². The summed E-state index contributed by atoms with van der Waals surface area (Å²) in [6, 6.07) is 9.93. The van der Waals surface area contributed by atoms with Gasteiger partial charge in [-0.3, -0.25) is 4.68 Å². The van der Waals surface area contributed by atoms with Gasteiger partial charge in [0.25, 0.3) is 0 Å². The molecule has 1 spiro atoms. The number of nitrogens with two attached hydrogens (primary N) is 1. The zero-order valence-electron chi connectivity index (χ0n) is 20.7. The first kappa shape index (κ1) is 24.2. The van der Waals surface area contributed by atoms with E-state index >= 15 is 0 Å². The van der Waals surface area contributed by atoms with Crippen molar-refractivity contribution in [2.45, 2.75) is 58.2 Å². The number of halogens is 1. The highest BCUT2D eigenvalue weighted by atomic mass is 35.5. The lowest BCUT2D eigenvalue weighted by molar-refractivity contribution is 0.0188. The second-order valence-corrected chi connectivity index (χ2v) is 11.3. The van der Waals surface area contributed by atoms with Crippen LogP contribution in [0.1, 0.15) is 57.2 Å². The summed E-state index contributed by atoms with van der Waals surface area (Å²) in [4.78, 5) is 14.3. The second-order valence-electron chi connectivity index (χ2n) is 10.9. The highest BCUT2D eigenvalue weighted by Crippen LogP contribution is 2.54. The van der Waals surface area contributed by atoms with Crippen LogP contribution in [0.5, 0.6) is 0 Å². The molecule has 9 nitrogen and oxygen atoms in total. The van der Waals surface area contributed by atoms with E-state index in [1.807, 2.05) is 51.2 Å². The molecule has 0 radical (unpaired) electrons. The molecule has 1 aliphatic heterocycles. The van der Waals surface area contributed by atoms with Gasteiger partial charge in [0, 0.05) is 29.9 Å². The molecule has 3 aromatic rings. The first-order chi connectivity index (χ1) is 17.1. The molecule has 3 heterocycles. The van der Waals surface area contributed by atoms with E-state index in [0.717, 1.165) is 30.4 Å². The fourth-order valence-corrected chi connectivity index (χ4v) is 5.47. The number of rotatable bonds is 4. The van der Waals surface area contributed by atoms with Gasteiger partial charge in [-0.1, -0.05) is 29.8 Å². The Morgan fingerprint density at radius 1 is 1.33 bits per heavy atom. The van der Waals surface area contributed by atoms with Crippen LogP contribution < -0.4 is 5.73 Å². The van der Waals surface area contributed by atoms with Crippen molar-refractivity contribution in [3.05, 3.63) is 52.8 Å². The lowest BCUT2D eigenvalue weighted by Gasteiger charge is -2.45. The monoisotopic (exact) mass is 507 g/mol. The van der Waals surface area contributed by atoms with Crippen molar-refractivity contribution >= 4 is 23.5 Å². The van der Waals surface area contributed by atoms with Gasteiger partial charge in [-0.2, -0.15) is 15.5 Å². The molecule has 1 amide bonds. The summed E-state index contributed by atoms with van der Waals surface area (Å²) in [6.45, 7) is 7.50. The first-order valence-corrected chi connectivity index (χ1v) is 12.5. The van der Waals surface area contributed by atoms with Crippen LogP contribution in [0.2, 0.25) is 5.02 Å². The molecule has 2 aromatic heterocycles. The van der Waals surface area contributed by atoms with Crippen molar-refractivity contribution < 1.29 is 9.53 Å². The van der Waals surface area contributed by atoms with E-state index in [1.165, 1.54) is 0 Å². The minimum atomic E-state index is -0.510. The van der Waals surface area contributed by atoms with Gasteiger partial charge in [0.15, 0.2) is 0 Å². The first-order valence-electron chi connectivity index (χ1n) is 12.1. The molecule has 1 saturated carbocycles. The summed E-state index contributed by atoms with van der Waals surface area (Å²) in [7, 11) is 0. The molecule has 0 unspecified atom stereocenters. The number of nitrogens with zero attached hydrogens (tertiary/aromatic N) is 6. The van der Waals surface area contributed by atoms with Crippen LogP contribution in [-0.4, -0.2) is 49.2 Å². The Hall–Kier alpha value is -3.51. The number of carbonyl (C=O) groups is 1. The summed E-state index contributed by atoms with van der Waals surface area (Å²) in [6.07, 6.45) is 5.93. The van der Waals surface area contributed by atoms with Crippen molar-refractivity contribution in [2.75, 3.05) is 18.8 Å². The van der Waals surface area contributed by atoms with Crippen LogP contribution in [0.3, 0.4) is 0 Å². The SMILES string of the molecule is CC(C)(C)OC(=O)N1CC[C@]2(C1)C[C@H](n1nc(-c3cnn(Cc4ccccc4Cl)c3)c(C#N)c1N)C2. The molecule has 2 aliphatic rings. The molecular formula is C26H30ClN7O2. The smallest absolute Gasteiger partial charge is 0.410 e. The largest absolute Gasteiger partial charge is 0.444 e. The van der Waals surface area contributed by atoms with Gasteiger partial charge >= 0.3 is 6.09 Å². The van der Waals surface area contributed by atoms with Crippen molar-refractivity contribution in [3.8, 4) is 17.3 Å². The zero-order chi connectivity index (χ0) is 25.7. The number of nitrogen functional groups attached to an aromatic ring is 1. The molecule has 0 atom stereocenters. The van der Waals surface area contributed by atoms with E-state index in [1.54, 1.807) is 20.5 Å². The van der Waals surface area contributed by atoms with Gasteiger partial charge in [-0.15, -0.1) is 0 Å². The number of nitriles is 1. The van der Waals surface area contributed by atoms with E-state index in [9.17, 15) is 10.1 Å². The summed E-state index contributed by atoms with van der Waals surface area (Å²) in [5, 5.41) is 19.7. The number of aromatic nitrogens is 4. The van der Waals surface area contributed by atoms with Crippen molar-refractivity contribution in [3.63, 3.8) is 0 Å². The minimum absolute atomic E-state index is 0.0484. The predicted octanol–water partition coefficient (Wildman–Crippen LogP) is 4.86. The van der Waals surface area contributed by atoms with Gasteiger partial charge in [0.2, 0.25) is 0 Å². The number of hydrogen-bond acceptors (Lipinski definition) is 6. The standard InChI is InChI=1S/C26H30ClN7O2/c1-25(2,3)36-24(35)32-9-8-26(16-32)10-19(11-26)34-23(29)20(12-28)22(31-34)18-13-30-33(15-18)14-17-6-4-5-7-21(17)27/h4-7,13,15,19H,8-11,14,16,29H2,1-3H3/t19-,26-. The average molecular weight is 508 g/mol. The van der Waals surface area contributed by atoms with Gasteiger partial charge in [0.05, 0.1) is 18.8 Å². The van der Waals surface area contributed by atoms with Gasteiger partial charge in [-0.25, -0.2) is 9.48 Å². The topological polar surface area (TPSA) is 115 Å². The van der Waals surface area contributed by atoms with E-state index in [-0.39, 0.29) is 17.6 Å². The normalized spacial score (nSPS) is 21.4. The number of amides is 1. The highest BCUT2D eigenvalue weighted by Gasteiger charge is 2.51. The van der Waals surface area contributed by atoms with E-state index in [2.05, 4.69) is 11.2 Å². The number of anilines is 1. The van der Waals surface area contributed by atoms with Gasteiger partial charge in [-0.05, 0) is 57.1 Å². The summed E-state index contributed by atoms with van der Waals surface area (Å²) < 4.78 is 9.09. The average Bonchev–Trinajstić information content (AvgIpc) is 3.50. The lowest BCUT2D eigenvalue weighted by atomic mass is 9.65. The number of likely N-dealkylation sites (tertiary alicyclic amines) is 1. The van der Waals surface area contributed by atoms with E-state index in [4.69, 9.17) is 27.2 Å². The Morgan fingerprint density at radius 2 is 2.08 bits per heavy atom. The second kappa shape index (κ2) is 8.86. The molecule has 10 heteroatoms. The Labute approximate surface area is 215 Å². The number of hydrogen-bond donors (Lipinski definition) is 1. The third kappa shape index (κ3) is 4.53. The molecule has 2 N–H and O–H groups in total. The number of ether oxygens (including phenoxy) is 1. The summed E-state index contributed by atoms with van der Waals surface area (Å²) in [5.74, 6) is 0.369. The molecular weight excluding hydrogens is 478 g/mol. The zero-order valence-corrected chi connectivity index (χ0v) is 21.5. The quantitative estimate of drug-likeness (QED) is 0.539. The highest BCUT2D eigenvalue weighted by molar-refractivity contribution is 6.31. The Morgan fingerprint density at radius 3 is 2.78 bits per heavy atom. The molecule has 1 aliphatic carbocycles. The third-order valence-corrected chi connectivity index (χ3v) is 7.40. The van der Waals surface area contributed by atoms with Crippen molar-refractivity contribution in [2.24, 2.45) is 5.41 Å². The van der Waals surface area contributed by atoms with Crippen molar-refractivity contribution in [1.82, 2.24) is 24.5 Å². The summed E-state index contributed by atoms with van der Waals surface area (Å²) >= 11 is 6.29. The van der Waals surface area contributed by atoms with Crippen molar-refractivity contribution in [1.29, 1.82) is 5.26 Å². The molecule has 36 heavy (non-hydrogen) atoms. The van der Waals surface area contributed by atoms with Crippen LogP contribution in [0.25, 0.3) is 11.3 Å². The Kier molecular flexibility index (Phi) is 5.95. The molecule has 2 fully saturated rings. The molecule has 1 saturated heterocycles. The number of benzene rings is 1. The maximum absolute atomic E-state index is 12.5. The Bertz CT molecular complexity index is 1340. The molecule has 5 rings (SSSR count). The van der Waals surface area contributed by atoms with Gasteiger partial charge in [0.1, 0.15) is 28.7 Å². The van der Waals surface area contributed by atoms with Crippen LogP contribution in [0, 0.1) is 16.7 Å². The van der Waals surface area contributed by atoms with Crippen LogP contribution in [0.4, 0.5) is 10.6 Å².